The van der Waals surface area contributed by atoms with Crippen molar-refractivity contribution in [2.75, 3.05) is 13.2 Å². The van der Waals surface area contributed by atoms with Crippen LogP contribution in [0.5, 0.6) is 0 Å². The van der Waals surface area contributed by atoms with Gasteiger partial charge in [-0.2, -0.15) is 0 Å². The summed E-state index contributed by atoms with van der Waals surface area (Å²) in [5.41, 5.74) is 5.72. The Kier molecular flexibility index (Phi) is 3.14. The summed E-state index contributed by atoms with van der Waals surface area (Å²) in [4.78, 5) is 5.06. The molecule has 1 aliphatic heterocycles. The van der Waals surface area contributed by atoms with Gasteiger partial charge in [-0.1, -0.05) is 34.4 Å². The lowest BCUT2D eigenvalue weighted by molar-refractivity contribution is -0.374. The first-order valence-electron chi connectivity index (χ1n) is 4.67. The second-order valence-electron chi connectivity index (χ2n) is 3.39. The highest BCUT2D eigenvalue weighted by molar-refractivity contribution is 6.42. The lowest BCUT2D eigenvalue weighted by atomic mass is 9.98. The molecule has 3 nitrogen and oxygen atoms in total. The standard InChI is InChI=1S/C10H10Cl2N2O/c11-8-2-1-6(3-9(8)12)10-7(4-13)5-15-14-10/h1-3,7H,4-5,13H2/p+1. The Balaban J connectivity index is 2.33. The fourth-order valence-electron chi connectivity index (χ4n) is 1.51. The summed E-state index contributed by atoms with van der Waals surface area (Å²) in [6.45, 7) is 1.36. The molecule has 1 aromatic rings. The summed E-state index contributed by atoms with van der Waals surface area (Å²) in [7, 11) is 0. The highest BCUT2D eigenvalue weighted by Crippen LogP contribution is 2.25. The molecule has 1 atom stereocenters. The van der Waals surface area contributed by atoms with Crippen LogP contribution in [-0.4, -0.2) is 18.9 Å². The van der Waals surface area contributed by atoms with Gasteiger partial charge in [-0.15, -0.1) is 0 Å². The maximum atomic E-state index is 5.94. The van der Waals surface area contributed by atoms with Gasteiger partial charge in [-0.3, -0.25) is 0 Å². The average molecular weight is 246 g/mol. The van der Waals surface area contributed by atoms with Crippen LogP contribution in [0.15, 0.2) is 23.4 Å². The van der Waals surface area contributed by atoms with Crippen LogP contribution in [0.1, 0.15) is 5.56 Å². The van der Waals surface area contributed by atoms with E-state index >= 15 is 0 Å². The van der Waals surface area contributed by atoms with Gasteiger partial charge in [-0.25, -0.2) is 0 Å². The normalized spacial score (nSPS) is 19.9. The van der Waals surface area contributed by atoms with E-state index in [1.54, 1.807) is 12.1 Å². The van der Waals surface area contributed by atoms with E-state index < -0.39 is 0 Å². The monoisotopic (exact) mass is 245 g/mol. The fourth-order valence-corrected chi connectivity index (χ4v) is 1.81. The molecule has 2 rings (SSSR count). The molecular weight excluding hydrogens is 235 g/mol. The predicted octanol–water partition coefficient (Wildman–Crippen LogP) is 1.59. The van der Waals surface area contributed by atoms with Crippen LogP contribution in [0.4, 0.5) is 0 Å². The molecule has 80 valence electrons. The van der Waals surface area contributed by atoms with E-state index in [9.17, 15) is 0 Å². The lowest BCUT2D eigenvalue weighted by Gasteiger charge is -2.06. The van der Waals surface area contributed by atoms with Crippen LogP contribution in [0.2, 0.25) is 10.0 Å². The zero-order valence-electron chi connectivity index (χ0n) is 8.04. The van der Waals surface area contributed by atoms with Crippen LogP contribution < -0.4 is 5.73 Å². The summed E-state index contributed by atoms with van der Waals surface area (Å²) in [5, 5.41) is 5.09. The number of hydrogen-bond donors (Lipinski definition) is 1. The molecule has 0 aliphatic carbocycles. The summed E-state index contributed by atoms with van der Waals surface area (Å²) < 4.78 is 0. The molecule has 3 N–H and O–H groups in total. The fraction of sp³-hybridized carbons (Fsp3) is 0.300. The van der Waals surface area contributed by atoms with E-state index in [1.807, 2.05) is 6.07 Å². The van der Waals surface area contributed by atoms with Crippen molar-refractivity contribution in [2.45, 2.75) is 0 Å². The van der Waals surface area contributed by atoms with Crippen molar-refractivity contribution in [1.82, 2.24) is 0 Å². The number of rotatable bonds is 2. The molecule has 1 aromatic carbocycles. The van der Waals surface area contributed by atoms with Crippen molar-refractivity contribution < 1.29 is 10.6 Å². The molecular formula is C10H11Cl2N2O+. The Morgan fingerprint density at radius 1 is 1.40 bits per heavy atom. The van der Waals surface area contributed by atoms with E-state index in [-0.39, 0.29) is 5.92 Å². The SMILES string of the molecule is [NH3+]CC1CON=C1c1ccc(Cl)c(Cl)c1. The van der Waals surface area contributed by atoms with Crippen molar-refractivity contribution in [1.29, 1.82) is 0 Å². The molecule has 0 amide bonds. The maximum Gasteiger partial charge on any atom is 0.131 e. The Morgan fingerprint density at radius 3 is 2.87 bits per heavy atom. The highest BCUT2D eigenvalue weighted by Gasteiger charge is 2.25. The molecule has 1 unspecified atom stereocenters. The minimum absolute atomic E-state index is 0.252. The molecule has 0 saturated heterocycles. The molecule has 15 heavy (non-hydrogen) atoms. The number of halogens is 2. The van der Waals surface area contributed by atoms with Crippen molar-refractivity contribution >= 4 is 28.9 Å². The Morgan fingerprint density at radius 2 is 2.20 bits per heavy atom. The first-order chi connectivity index (χ1) is 7.22. The van der Waals surface area contributed by atoms with Crippen LogP contribution in [0.3, 0.4) is 0 Å². The summed E-state index contributed by atoms with van der Waals surface area (Å²) >= 11 is 11.8. The molecule has 0 aromatic heterocycles. The molecule has 1 aliphatic rings. The molecule has 1 heterocycles. The zero-order chi connectivity index (χ0) is 10.8. The minimum atomic E-state index is 0.252. The second kappa shape index (κ2) is 4.39. The average Bonchev–Trinajstić information content (AvgIpc) is 2.70. The molecule has 0 radical (unpaired) electrons. The smallest absolute Gasteiger partial charge is 0.131 e. The topological polar surface area (TPSA) is 49.2 Å². The van der Waals surface area contributed by atoms with E-state index in [4.69, 9.17) is 28.0 Å². The van der Waals surface area contributed by atoms with Gasteiger partial charge in [0.25, 0.3) is 0 Å². The van der Waals surface area contributed by atoms with Gasteiger partial charge in [0.2, 0.25) is 0 Å². The Bertz CT molecular complexity index is 406. The minimum Gasteiger partial charge on any atom is -0.395 e. The highest BCUT2D eigenvalue weighted by atomic mass is 35.5. The third-order valence-corrected chi connectivity index (χ3v) is 3.13. The van der Waals surface area contributed by atoms with E-state index in [0.717, 1.165) is 17.8 Å². The zero-order valence-corrected chi connectivity index (χ0v) is 9.55. The Hall–Kier alpha value is -0.770. The van der Waals surface area contributed by atoms with Crippen molar-refractivity contribution in [3.8, 4) is 0 Å². The summed E-state index contributed by atoms with van der Waals surface area (Å²) in [6.07, 6.45) is 0. The van der Waals surface area contributed by atoms with Crippen LogP contribution in [0, 0.1) is 5.92 Å². The molecule has 0 bridgehead atoms. The molecule has 0 spiro atoms. The van der Waals surface area contributed by atoms with Crippen LogP contribution in [0.25, 0.3) is 0 Å². The number of benzene rings is 1. The van der Waals surface area contributed by atoms with E-state index in [2.05, 4.69) is 10.9 Å². The first kappa shape index (κ1) is 10.7. The van der Waals surface area contributed by atoms with Gasteiger partial charge in [0, 0.05) is 5.56 Å². The second-order valence-corrected chi connectivity index (χ2v) is 4.20. The van der Waals surface area contributed by atoms with E-state index in [1.165, 1.54) is 0 Å². The predicted molar refractivity (Wildman–Crippen MR) is 60.2 cm³/mol. The van der Waals surface area contributed by atoms with Crippen molar-refractivity contribution in [3.63, 3.8) is 0 Å². The number of oxime groups is 1. The van der Waals surface area contributed by atoms with Gasteiger partial charge >= 0.3 is 0 Å². The molecule has 0 saturated carbocycles. The summed E-state index contributed by atoms with van der Waals surface area (Å²) in [6, 6.07) is 5.46. The lowest BCUT2D eigenvalue weighted by Crippen LogP contribution is -2.55. The third-order valence-electron chi connectivity index (χ3n) is 2.39. The molecule has 0 fully saturated rings. The van der Waals surface area contributed by atoms with Crippen molar-refractivity contribution in [3.05, 3.63) is 33.8 Å². The Labute approximate surface area is 97.8 Å². The number of hydrogen-bond acceptors (Lipinski definition) is 2. The van der Waals surface area contributed by atoms with Gasteiger partial charge in [0.1, 0.15) is 6.61 Å². The van der Waals surface area contributed by atoms with Gasteiger partial charge in [0.05, 0.1) is 28.2 Å². The number of quaternary nitrogens is 1. The molecule has 5 heteroatoms. The van der Waals surface area contributed by atoms with Crippen molar-refractivity contribution in [2.24, 2.45) is 11.1 Å². The van der Waals surface area contributed by atoms with Crippen LogP contribution in [-0.2, 0) is 4.84 Å². The quantitative estimate of drug-likeness (QED) is 0.846. The summed E-state index contributed by atoms with van der Waals surface area (Å²) in [5.74, 6) is 0.252. The maximum absolute atomic E-state index is 5.94. The van der Waals surface area contributed by atoms with Gasteiger partial charge in [-0.05, 0) is 12.1 Å². The van der Waals surface area contributed by atoms with Gasteiger partial charge < -0.3 is 10.6 Å². The number of nitrogens with zero attached hydrogens (tertiary/aromatic N) is 1. The van der Waals surface area contributed by atoms with E-state index in [0.29, 0.717) is 16.7 Å². The van der Waals surface area contributed by atoms with Crippen LogP contribution >= 0.6 is 23.2 Å². The third kappa shape index (κ3) is 2.09. The largest absolute Gasteiger partial charge is 0.395 e. The first-order valence-corrected chi connectivity index (χ1v) is 5.42. The van der Waals surface area contributed by atoms with Gasteiger partial charge in [0.15, 0.2) is 0 Å².